The maximum Gasteiger partial charge on any atom is 0.131 e. The highest BCUT2D eigenvalue weighted by Gasteiger charge is 2.17. The summed E-state index contributed by atoms with van der Waals surface area (Å²) in [6.07, 6.45) is 1.07. The third kappa shape index (κ3) is 2.32. The molecule has 0 saturated carbocycles. The van der Waals surface area contributed by atoms with E-state index in [2.05, 4.69) is 58.5 Å². The van der Waals surface area contributed by atoms with E-state index in [1.165, 1.54) is 16.9 Å². The molecule has 4 nitrogen and oxygen atoms in total. The fourth-order valence-corrected chi connectivity index (χ4v) is 2.73. The Bertz CT molecular complexity index is 579. The van der Waals surface area contributed by atoms with Crippen molar-refractivity contribution in [3.8, 4) is 0 Å². The predicted molar refractivity (Wildman–Crippen MR) is 79.0 cm³/mol. The molecule has 3 rings (SSSR count). The summed E-state index contributed by atoms with van der Waals surface area (Å²) in [5.41, 5.74) is 3.69. The predicted octanol–water partition coefficient (Wildman–Crippen LogP) is 1.96. The molecule has 2 aromatic rings. The van der Waals surface area contributed by atoms with Crippen molar-refractivity contribution in [3.05, 3.63) is 29.5 Å². The number of aryl methyl sites for hydroxylation is 2. The van der Waals surface area contributed by atoms with Crippen molar-refractivity contribution >= 4 is 11.3 Å². The van der Waals surface area contributed by atoms with Crippen molar-refractivity contribution in [1.82, 2.24) is 14.5 Å². The van der Waals surface area contributed by atoms with Gasteiger partial charge in [-0.2, -0.15) is 5.10 Å². The van der Waals surface area contributed by atoms with E-state index in [0.29, 0.717) is 0 Å². The molecular formula is C15H22N4. The van der Waals surface area contributed by atoms with Gasteiger partial charge in [0.15, 0.2) is 0 Å². The molecule has 0 amide bonds. The quantitative estimate of drug-likeness (QED) is 0.823. The second-order valence-corrected chi connectivity index (χ2v) is 5.49. The Morgan fingerprint density at radius 1 is 1.11 bits per heavy atom. The highest BCUT2D eigenvalue weighted by Crippen LogP contribution is 2.22. The smallest absolute Gasteiger partial charge is 0.131 e. The maximum atomic E-state index is 4.64. The number of likely N-dealkylation sites (N-methyl/N-ethyl adjacent to an activating group) is 1. The average Bonchev–Trinajstić information content (AvgIpc) is 2.78. The molecule has 0 spiro atoms. The molecule has 0 N–H and O–H groups in total. The summed E-state index contributed by atoms with van der Waals surface area (Å²) >= 11 is 0. The minimum atomic E-state index is 1.07. The lowest BCUT2D eigenvalue weighted by atomic mass is 10.2. The van der Waals surface area contributed by atoms with Crippen molar-refractivity contribution in [1.29, 1.82) is 0 Å². The van der Waals surface area contributed by atoms with Crippen LogP contribution in [0.1, 0.15) is 18.2 Å². The van der Waals surface area contributed by atoms with E-state index in [9.17, 15) is 0 Å². The zero-order chi connectivity index (χ0) is 13.4. The molecule has 4 heteroatoms. The molecule has 1 aliphatic heterocycles. The molecule has 3 heterocycles. The van der Waals surface area contributed by atoms with Gasteiger partial charge in [-0.25, -0.2) is 4.52 Å². The molecule has 1 saturated heterocycles. The molecule has 0 aliphatic carbocycles. The monoisotopic (exact) mass is 258 g/mol. The first-order chi connectivity index (χ1) is 9.17. The Balaban J connectivity index is 2.05. The molecule has 102 valence electrons. The number of aromatic nitrogens is 2. The fourth-order valence-electron chi connectivity index (χ4n) is 2.73. The number of piperazine rings is 1. The van der Waals surface area contributed by atoms with Gasteiger partial charge >= 0.3 is 0 Å². The second kappa shape index (κ2) is 4.85. The number of hydrogen-bond donors (Lipinski definition) is 0. The van der Waals surface area contributed by atoms with E-state index < -0.39 is 0 Å². The second-order valence-electron chi connectivity index (χ2n) is 5.49. The Labute approximate surface area is 114 Å². The summed E-state index contributed by atoms with van der Waals surface area (Å²) in [5.74, 6) is 1.25. The zero-order valence-electron chi connectivity index (χ0n) is 12.1. The average molecular weight is 258 g/mol. The van der Waals surface area contributed by atoms with Crippen molar-refractivity contribution < 1.29 is 0 Å². The van der Waals surface area contributed by atoms with E-state index in [1.807, 2.05) is 0 Å². The molecule has 0 radical (unpaired) electrons. The molecule has 0 bridgehead atoms. The molecular weight excluding hydrogens is 236 g/mol. The number of pyridine rings is 1. The maximum absolute atomic E-state index is 4.64. The van der Waals surface area contributed by atoms with E-state index in [4.69, 9.17) is 0 Å². The van der Waals surface area contributed by atoms with E-state index in [-0.39, 0.29) is 0 Å². The van der Waals surface area contributed by atoms with Gasteiger partial charge in [0.25, 0.3) is 0 Å². The highest BCUT2D eigenvalue weighted by atomic mass is 15.4. The van der Waals surface area contributed by atoms with Gasteiger partial charge in [-0.1, -0.05) is 6.92 Å². The van der Waals surface area contributed by atoms with Crippen LogP contribution in [0.4, 0.5) is 5.82 Å². The van der Waals surface area contributed by atoms with E-state index in [1.54, 1.807) is 0 Å². The third-order valence-electron chi connectivity index (χ3n) is 3.96. The Morgan fingerprint density at radius 3 is 2.53 bits per heavy atom. The number of hydrogen-bond acceptors (Lipinski definition) is 3. The molecule has 1 aliphatic rings. The summed E-state index contributed by atoms with van der Waals surface area (Å²) in [7, 11) is 2.19. The van der Waals surface area contributed by atoms with Crippen LogP contribution < -0.4 is 4.90 Å². The van der Waals surface area contributed by atoms with Crippen LogP contribution in [0.25, 0.3) is 5.52 Å². The first-order valence-corrected chi connectivity index (χ1v) is 7.10. The van der Waals surface area contributed by atoms with Crippen LogP contribution in [0.2, 0.25) is 0 Å². The molecule has 2 aromatic heterocycles. The lowest BCUT2D eigenvalue weighted by Gasteiger charge is -2.34. The highest BCUT2D eigenvalue weighted by molar-refractivity contribution is 5.58. The van der Waals surface area contributed by atoms with Gasteiger partial charge in [-0.3, -0.25) is 0 Å². The van der Waals surface area contributed by atoms with Gasteiger partial charge in [-0.15, -0.1) is 0 Å². The third-order valence-corrected chi connectivity index (χ3v) is 3.96. The topological polar surface area (TPSA) is 23.8 Å². The number of anilines is 1. The van der Waals surface area contributed by atoms with Crippen LogP contribution in [0.3, 0.4) is 0 Å². The van der Waals surface area contributed by atoms with Crippen molar-refractivity contribution in [2.75, 3.05) is 38.1 Å². The van der Waals surface area contributed by atoms with Gasteiger partial charge in [-0.05, 0) is 44.2 Å². The standard InChI is InChI=1S/C15H22N4/c1-4-13-10-14-9-12(2)16-19(14)15(11-13)18-7-5-17(3)6-8-18/h9-11H,4-8H2,1-3H3. The minimum Gasteiger partial charge on any atom is -0.354 e. The SMILES string of the molecule is CCc1cc(N2CCN(C)CC2)n2nc(C)cc2c1. The van der Waals surface area contributed by atoms with Crippen molar-refractivity contribution in [3.63, 3.8) is 0 Å². The number of nitrogens with zero attached hydrogens (tertiary/aromatic N) is 4. The summed E-state index contributed by atoms with van der Waals surface area (Å²) in [6.45, 7) is 8.68. The number of fused-ring (bicyclic) bond motifs is 1. The zero-order valence-corrected chi connectivity index (χ0v) is 12.1. The lowest BCUT2D eigenvalue weighted by molar-refractivity contribution is 0.311. The summed E-state index contributed by atoms with van der Waals surface area (Å²) in [5, 5.41) is 4.64. The number of rotatable bonds is 2. The van der Waals surface area contributed by atoms with Gasteiger partial charge in [0.1, 0.15) is 5.82 Å². The van der Waals surface area contributed by atoms with Gasteiger partial charge in [0.05, 0.1) is 11.2 Å². The summed E-state index contributed by atoms with van der Waals surface area (Å²) in [4.78, 5) is 4.84. The summed E-state index contributed by atoms with van der Waals surface area (Å²) < 4.78 is 2.10. The van der Waals surface area contributed by atoms with Gasteiger partial charge < -0.3 is 9.80 Å². The van der Waals surface area contributed by atoms with Gasteiger partial charge in [0, 0.05) is 26.2 Å². The van der Waals surface area contributed by atoms with E-state index in [0.717, 1.165) is 38.3 Å². The Hall–Kier alpha value is -1.55. The van der Waals surface area contributed by atoms with Crippen LogP contribution in [0.5, 0.6) is 0 Å². The normalized spacial score (nSPS) is 17.3. The first-order valence-electron chi connectivity index (χ1n) is 7.10. The molecule has 1 fully saturated rings. The Kier molecular flexibility index (Phi) is 3.19. The Morgan fingerprint density at radius 2 is 1.84 bits per heavy atom. The van der Waals surface area contributed by atoms with Gasteiger partial charge in [0.2, 0.25) is 0 Å². The molecule has 0 unspecified atom stereocenters. The van der Waals surface area contributed by atoms with Crippen molar-refractivity contribution in [2.24, 2.45) is 0 Å². The van der Waals surface area contributed by atoms with Crippen LogP contribution in [0, 0.1) is 6.92 Å². The largest absolute Gasteiger partial charge is 0.354 e. The van der Waals surface area contributed by atoms with Crippen LogP contribution in [-0.4, -0.2) is 47.7 Å². The lowest BCUT2D eigenvalue weighted by Crippen LogP contribution is -2.45. The van der Waals surface area contributed by atoms with Crippen molar-refractivity contribution in [2.45, 2.75) is 20.3 Å². The van der Waals surface area contributed by atoms with Crippen LogP contribution >= 0.6 is 0 Å². The van der Waals surface area contributed by atoms with Crippen LogP contribution in [-0.2, 0) is 6.42 Å². The summed E-state index contributed by atoms with van der Waals surface area (Å²) in [6, 6.07) is 6.71. The fraction of sp³-hybridized carbons (Fsp3) is 0.533. The molecule has 0 aromatic carbocycles. The first kappa shape index (κ1) is 12.5. The minimum absolute atomic E-state index is 1.07. The molecule has 19 heavy (non-hydrogen) atoms. The van der Waals surface area contributed by atoms with Crippen LogP contribution in [0.15, 0.2) is 18.2 Å². The molecule has 0 atom stereocenters. The van der Waals surface area contributed by atoms with E-state index >= 15 is 0 Å².